The first-order valence-corrected chi connectivity index (χ1v) is 8.81. The van der Waals surface area contributed by atoms with E-state index < -0.39 is 0 Å². The third kappa shape index (κ3) is 2.34. The molecule has 120 valence electrons. The predicted molar refractivity (Wildman–Crippen MR) is 111 cm³/mol. The maximum atomic E-state index is 3.41. The molecule has 0 fully saturated rings. The summed E-state index contributed by atoms with van der Waals surface area (Å²) in [6.07, 6.45) is 0. The predicted octanol–water partition coefficient (Wildman–Crippen LogP) is 6.55. The van der Waals surface area contributed by atoms with Crippen LogP contribution in [0.1, 0.15) is 11.1 Å². The molecule has 0 spiro atoms. The summed E-state index contributed by atoms with van der Waals surface area (Å²) in [5, 5.41) is 7.63. The van der Waals surface area contributed by atoms with Gasteiger partial charge in [-0.1, -0.05) is 90.7 Å². The minimum Gasteiger partial charge on any atom is -0.0622 e. The molecular formula is C26H16. The molecule has 0 aliphatic carbocycles. The summed E-state index contributed by atoms with van der Waals surface area (Å²) in [4.78, 5) is 0. The van der Waals surface area contributed by atoms with E-state index in [0.717, 1.165) is 11.1 Å². The summed E-state index contributed by atoms with van der Waals surface area (Å²) in [6, 6.07) is 33.9. The molecule has 5 rings (SSSR count). The van der Waals surface area contributed by atoms with Crippen LogP contribution in [0.5, 0.6) is 0 Å². The highest BCUT2D eigenvalue weighted by Crippen LogP contribution is 2.36. The fraction of sp³-hybridized carbons (Fsp3) is 0. The monoisotopic (exact) mass is 328 g/mol. The van der Waals surface area contributed by atoms with E-state index in [2.05, 4.69) is 78.6 Å². The molecule has 26 heavy (non-hydrogen) atoms. The molecule has 0 aromatic heterocycles. The minimum atomic E-state index is 1.04. The molecule has 0 heterocycles. The summed E-state index contributed by atoms with van der Waals surface area (Å²) in [5.41, 5.74) is 2.11. The topological polar surface area (TPSA) is 0 Å². The molecule has 5 aromatic rings. The summed E-state index contributed by atoms with van der Waals surface area (Å²) < 4.78 is 0. The Morgan fingerprint density at radius 3 is 1.54 bits per heavy atom. The Kier molecular flexibility index (Phi) is 3.44. The van der Waals surface area contributed by atoms with Gasteiger partial charge in [0.25, 0.3) is 0 Å². The van der Waals surface area contributed by atoms with E-state index in [0.29, 0.717) is 0 Å². The third-order valence-electron chi connectivity index (χ3n) is 4.88. The van der Waals surface area contributed by atoms with Crippen LogP contribution in [-0.4, -0.2) is 0 Å². The normalized spacial score (nSPS) is 10.8. The van der Waals surface area contributed by atoms with Crippen molar-refractivity contribution in [1.82, 2.24) is 0 Å². The number of rotatable bonds is 0. The lowest BCUT2D eigenvalue weighted by Crippen LogP contribution is -1.86. The maximum Gasteiger partial charge on any atom is 0.0333 e. The maximum absolute atomic E-state index is 3.41. The van der Waals surface area contributed by atoms with Gasteiger partial charge in [-0.05, 0) is 45.1 Å². The van der Waals surface area contributed by atoms with E-state index >= 15 is 0 Å². The zero-order valence-electron chi connectivity index (χ0n) is 14.2. The number of fused-ring (bicyclic) bond motifs is 6. The molecule has 0 saturated heterocycles. The van der Waals surface area contributed by atoms with Gasteiger partial charge >= 0.3 is 0 Å². The molecule has 0 atom stereocenters. The van der Waals surface area contributed by atoms with Crippen molar-refractivity contribution in [2.24, 2.45) is 0 Å². The van der Waals surface area contributed by atoms with E-state index in [1.807, 2.05) is 30.3 Å². The van der Waals surface area contributed by atoms with E-state index in [-0.39, 0.29) is 0 Å². The lowest BCUT2D eigenvalue weighted by Gasteiger charge is -2.11. The first-order valence-electron chi connectivity index (χ1n) is 8.81. The van der Waals surface area contributed by atoms with Gasteiger partial charge in [-0.2, -0.15) is 0 Å². The first kappa shape index (κ1) is 14.8. The quantitative estimate of drug-likeness (QED) is 0.223. The summed E-state index contributed by atoms with van der Waals surface area (Å²) in [6.45, 7) is 0. The van der Waals surface area contributed by atoms with Crippen LogP contribution in [0.25, 0.3) is 32.3 Å². The van der Waals surface area contributed by atoms with Crippen LogP contribution in [0, 0.1) is 11.8 Å². The Balaban J connectivity index is 1.91. The van der Waals surface area contributed by atoms with Crippen LogP contribution in [0.2, 0.25) is 0 Å². The van der Waals surface area contributed by atoms with Crippen molar-refractivity contribution < 1.29 is 0 Å². The van der Waals surface area contributed by atoms with Gasteiger partial charge < -0.3 is 0 Å². The Hall–Kier alpha value is -3.56. The fourth-order valence-electron chi connectivity index (χ4n) is 3.72. The Labute approximate surface area is 152 Å². The largest absolute Gasteiger partial charge is 0.0622 e. The molecule has 0 radical (unpaired) electrons. The Morgan fingerprint density at radius 1 is 0.385 bits per heavy atom. The van der Waals surface area contributed by atoms with Crippen molar-refractivity contribution in [3.05, 3.63) is 108 Å². The molecule has 0 heteroatoms. The second-order valence-electron chi connectivity index (χ2n) is 6.44. The zero-order valence-corrected chi connectivity index (χ0v) is 14.2. The van der Waals surface area contributed by atoms with Crippen molar-refractivity contribution in [3.63, 3.8) is 0 Å². The molecule has 5 aromatic carbocycles. The lowest BCUT2D eigenvalue weighted by molar-refractivity contribution is 1.64. The molecule has 0 bridgehead atoms. The third-order valence-corrected chi connectivity index (χ3v) is 4.88. The molecule has 0 saturated carbocycles. The average molecular weight is 328 g/mol. The minimum absolute atomic E-state index is 1.04. The highest BCUT2D eigenvalue weighted by molar-refractivity contribution is 6.26. The molecule has 0 N–H and O–H groups in total. The van der Waals surface area contributed by atoms with Gasteiger partial charge in [0.1, 0.15) is 0 Å². The summed E-state index contributed by atoms with van der Waals surface area (Å²) >= 11 is 0. The van der Waals surface area contributed by atoms with Crippen LogP contribution < -0.4 is 0 Å². The van der Waals surface area contributed by atoms with Crippen LogP contribution >= 0.6 is 0 Å². The molecular weight excluding hydrogens is 312 g/mol. The van der Waals surface area contributed by atoms with Gasteiger partial charge in [0.15, 0.2) is 0 Å². The van der Waals surface area contributed by atoms with Crippen molar-refractivity contribution in [2.75, 3.05) is 0 Å². The van der Waals surface area contributed by atoms with Gasteiger partial charge in [-0.3, -0.25) is 0 Å². The van der Waals surface area contributed by atoms with E-state index in [1.165, 1.54) is 32.3 Å². The number of benzene rings is 5. The van der Waals surface area contributed by atoms with E-state index in [4.69, 9.17) is 0 Å². The van der Waals surface area contributed by atoms with Gasteiger partial charge in [-0.25, -0.2) is 0 Å². The first-order chi connectivity index (χ1) is 12.9. The van der Waals surface area contributed by atoms with Crippen LogP contribution in [-0.2, 0) is 0 Å². The fourth-order valence-corrected chi connectivity index (χ4v) is 3.72. The molecule has 0 aliphatic rings. The van der Waals surface area contributed by atoms with E-state index in [1.54, 1.807) is 0 Å². The van der Waals surface area contributed by atoms with Gasteiger partial charge in [0.05, 0.1) is 0 Å². The van der Waals surface area contributed by atoms with Crippen molar-refractivity contribution in [2.45, 2.75) is 0 Å². The summed E-state index contributed by atoms with van der Waals surface area (Å²) in [7, 11) is 0. The standard InChI is InChI=1S/C26H16/c1-2-9-19(10-3-1)17-18-20-11-8-16-25-23-13-5-4-12-21(23)22-14-6-7-15-24(22)26(20)25/h1-16H. The van der Waals surface area contributed by atoms with Crippen LogP contribution in [0.4, 0.5) is 0 Å². The molecule has 0 amide bonds. The molecule has 0 nitrogen and oxygen atoms in total. The molecule has 0 unspecified atom stereocenters. The molecule has 0 aliphatic heterocycles. The number of hydrogen-bond acceptors (Lipinski definition) is 0. The van der Waals surface area contributed by atoms with Gasteiger partial charge in [0.2, 0.25) is 0 Å². The number of hydrogen-bond donors (Lipinski definition) is 0. The second-order valence-corrected chi connectivity index (χ2v) is 6.44. The Bertz CT molecular complexity index is 1270. The van der Waals surface area contributed by atoms with Gasteiger partial charge in [-0.15, -0.1) is 0 Å². The van der Waals surface area contributed by atoms with Crippen molar-refractivity contribution >= 4 is 32.3 Å². The second kappa shape index (κ2) is 6.06. The van der Waals surface area contributed by atoms with E-state index in [9.17, 15) is 0 Å². The highest BCUT2D eigenvalue weighted by atomic mass is 14.1. The lowest BCUT2D eigenvalue weighted by atomic mass is 9.92. The zero-order chi connectivity index (χ0) is 17.3. The smallest absolute Gasteiger partial charge is 0.0333 e. The van der Waals surface area contributed by atoms with Crippen molar-refractivity contribution in [3.8, 4) is 11.8 Å². The SMILES string of the molecule is C(#Cc1cccc2c3ccccc3c3ccccc3c12)c1ccccc1. The van der Waals surface area contributed by atoms with Crippen LogP contribution in [0.15, 0.2) is 97.1 Å². The van der Waals surface area contributed by atoms with Crippen LogP contribution in [0.3, 0.4) is 0 Å². The van der Waals surface area contributed by atoms with Gasteiger partial charge in [0, 0.05) is 16.5 Å². The highest BCUT2D eigenvalue weighted by Gasteiger charge is 2.09. The summed E-state index contributed by atoms with van der Waals surface area (Å²) in [5.74, 6) is 6.73. The van der Waals surface area contributed by atoms with Crippen molar-refractivity contribution in [1.29, 1.82) is 0 Å². The Morgan fingerprint density at radius 2 is 0.885 bits per heavy atom. The average Bonchev–Trinajstić information content (AvgIpc) is 2.73.